The quantitative estimate of drug-likeness (QED) is 0.856. The van der Waals surface area contributed by atoms with Gasteiger partial charge in [0, 0.05) is 29.6 Å². The van der Waals surface area contributed by atoms with E-state index in [1.165, 1.54) is 6.07 Å². The van der Waals surface area contributed by atoms with Crippen LogP contribution in [0.3, 0.4) is 0 Å². The predicted octanol–water partition coefficient (Wildman–Crippen LogP) is 2.66. The minimum absolute atomic E-state index is 0.176. The fourth-order valence-electron chi connectivity index (χ4n) is 1.81. The monoisotopic (exact) mass is 303 g/mol. The number of benzene rings is 1. The molecule has 1 heterocycles. The first-order valence-corrected chi connectivity index (χ1v) is 6.65. The van der Waals surface area contributed by atoms with Crippen LogP contribution in [0.15, 0.2) is 36.4 Å². The second kappa shape index (κ2) is 6.37. The van der Waals surface area contributed by atoms with Gasteiger partial charge in [-0.25, -0.2) is 4.98 Å². The summed E-state index contributed by atoms with van der Waals surface area (Å²) in [6, 6.07) is 9.76. The Morgan fingerprint density at radius 1 is 1.05 bits per heavy atom. The summed E-state index contributed by atoms with van der Waals surface area (Å²) < 4.78 is 0. The zero-order valence-electron chi connectivity index (χ0n) is 11.6. The third-order valence-electron chi connectivity index (χ3n) is 2.82. The fourth-order valence-corrected chi connectivity index (χ4v) is 2.06. The summed E-state index contributed by atoms with van der Waals surface area (Å²) in [7, 11) is 1.56. The Morgan fingerprint density at radius 3 is 2.29 bits per heavy atom. The van der Waals surface area contributed by atoms with E-state index in [1.54, 1.807) is 44.3 Å². The number of aryl methyl sites for hydroxylation is 1. The summed E-state index contributed by atoms with van der Waals surface area (Å²) in [6.07, 6.45) is 0. The smallest absolute Gasteiger partial charge is 0.255 e. The Hall–Kier alpha value is -2.40. The highest BCUT2D eigenvalue weighted by Crippen LogP contribution is 2.14. The average Bonchev–Trinajstić information content (AvgIpc) is 2.46. The molecule has 0 aliphatic heterocycles. The van der Waals surface area contributed by atoms with E-state index in [9.17, 15) is 9.59 Å². The highest BCUT2D eigenvalue weighted by Gasteiger charge is 2.09. The number of carbonyl (C=O) groups excluding carboxylic acids is 2. The molecule has 6 heteroatoms. The number of amides is 2. The first kappa shape index (κ1) is 15.0. The molecule has 0 radical (unpaired) electrons. The molecule has 0 saturated heterocycles. The van der Waals surface area contributed by atoms with Gasteiger partial charge in [-0.15, -0.1) is 0 Å². The lowest BCUT2D eigenvalue weighted by atomic mass is 10.1. The molecule has 2 N–H and O–H groups in total. The van der Waals surface area contributed by atoms with E-state index in [2.05, 4.69) is 15.6 Å². The Bertz CT molecular complexity index is 664. The number of aromatic nitrogens is 1. The number of nitrogens with one attached hydrogen (secondary N) is 2. The second-order valence-corrected chi connectivity index (χ2v) is 4.82. The van der Waals surface area contributed by atoms with Crippen LogP contribution >= 0.6 is 11.6 Å². The van der Waals surface area contributed by atoms with Crippen LogP contribution in [-0.2, 0) is 0 Å². The summed E-state index contributed by atoms with van der Waals surface area (Å²) >= 11 is 5.83. The zero-order valence-corrected chi connectivity index (χ0v) is 12.4. The first-order valence-electron chi connectivity index (χ1n) is 6.27. The van der Waals surface area contributed by atoms with E-state index in [4.69, 9.17) is 11.6 Å². The fraction of sp³-hybridized carbons (Fsp3) is 0.133. The number of rotatable bonds is 3. The van der Waals surface area contributed by atoms with Crippen molar-refractivity contribution in [3.8, 4) is 0 Å². The zero-order chi connectivity index (χ0) is 15.4. The van der Waals surface area contributed by atoms with Gasteiger partial charge >= 0.3 is 0 Å². The van der Waals surface area contributed by atoms with Crippen molar-refractivity contribution in [2.24, 2.45) is 0 Å². The summed E-state index contributed by atoms with van der Waals surface area (Å²) in [4.78, 5) is 27.5. The predicted molar refractivity (Wildman–Crippen MR) is 81.8 cm³/mol. The maximum absolute atomic E-state index is 12.1. The maximum atomic E-state index is 12.1. The lowest BCUT2D eigenvalue weighted by molar-refractivity contribution is 0.0962. The third-order valence-corrected chi connectivity index (χ3v) is 3.01. The minimum Gasteiger partial charge on any atom is -0.355 e. The van der Waals surface area contributed by atoms with Crippen LogP contribution in [0.5, 0.6) is 0 Å². The molecule has 2 rings (SSSR count). The van der Waals surface area contributed by atoms with Crippen molar-refractivity contribution in [2.45, 2.75) is 6.92 Å². The molecule has 2 amide bonds. The molecule has 0 unspecified atom stereocenters. The molecule has 0 aliphatic carbocycles. The summed E-state index contributed by atoms with van der Waals surface area (Å²) in [6.45, 7) is 1.76. The second-order valence-electron chi connectivity index (χ2n) is 4.43. The molecule has 21 heavy (non-hydrogen) atoms. The SMILES string of the molecule is CNC(=O)c1ccc(NC(=O)c2cc(C)nc(Cl)c2)cc1. The van der Waals surface area contributed by atoms with Crippen molar-refractivity contribution >= 4 is 29.1 Å². The lowest BCUT2D eigenvalue weighted by Gasteiger charge is -2.07. The molecule has 0 aliphatic rings. The van der Waals surface area contributed by atoms with Gasteiger partial charge in [-0.05, 0) is 43.3 Å². The Morgan fingerprint density at radius 2 is 1.71 bits per heavy atom. The highest BCUT2D eigenvalue weighted by atomic mass is 35.5. The molecular formula is C15H14ClN3O2. The standard InChI is InChI=1S/C15H14ClN3O2/c1-9-7-11(8-13(16)18-9)15(21)19-12-5-3-10(4-6-12)14(20)17-2/h3-8H,1-2H3,(H,17,20)(H,19,21). The minimum atomic E-state index is -0.282. The summed E-state index contributed by atoms with van der Waals surface area (Å²) in [5.41, 5.74) is 2.22. The van der Waals surface area contributed by atoms with Crippen molar-refractivity contribution < 1.29 is 9.59 Å². The number of hydrogen-bond acceptors (Lipinski definition) is 3. The number of halogens is 1. The molecule has 0 atom stereocenters. The van der Waals surface area contributed by atoms with Crippen molar-refractivity contribution in [3.05, 3.63) is 58.4 Å². The molecule has 1 aromatic carbocycles. The summed E-state index contributed by atoms with van der Waals surface area (Å²) in [5, 5.41) is 5.54. The van der Waals surface area contributed by atoms with Gasteiger partial charge in [-0.1, -0.05) is 11.6 Å². The molecule has 2 aromatic rings. The molecular weight excluding hydrogens is 290 g/mol. The van der Waals surface area contributed by atoms with Crippen LogP contribution in [0.4, 0.5) is 5.69 Å². The van der Waals surface area contributed by atoms with Crippen LogP contribution < -0.4 is 10.6 Å². The Kier molecular flexibility index (Phi) is 4.55. The van der Waals surface area contributed by atoms with E-state index in [1.807, 2.05) is 0 Å². The number of nitrogens with zero attached hydrogens (tertiary/aromatic N) is 1. The lowest BCUT2D eigenvalue weighted by Crippen LogP contribution is -2.18. The van der Waals surface area contributed by atoms with E-state index in [-0.39, 0.29) is 17.0 Å². The third kappa shape index (κ3) is 3.79. The number of pyridine rings is 1. The van der Waals surface area contributed by atoms with Crippen LogP contribution in [-0.4, -0.2) is 23.8 Å². The molecule has 0 saturated carbocycles. The van der Waals surface area contributed by atoms with Crippen LogP contribution in [0.1, 0.15) is 26.4 Å². The van der Waals surface area contributed by atoms with Crippen molar-refractivity contribution in [3.63, 3.8) is 0 Å². The Balaban J connectivity index is 2.14. The molecule has 0 spiro atoms. The van der Waals surface area contributed by atoms with Crippen LogP contribution in [0, 0.1) is 6.92 Å². The van der Waals surface area contributed by atoms with Gasteiger partial charge in [0.05, 0.1) is 0 Å². The number of anilines is 1. The first-order chi connectivity index (χ1) is 9.99. The van der Waals surface area contributed by atoms with Gasteiger partial charge in [0.1, 0.15) is 5.15 Å². The van der Waals surface area contributed by atoms with E-state index in [0.29, 0.717) is 22.5 Å². The van der Waals surface area contributed by atoms with Gasteiger partial charge in [-0.3, -0.25) is 9.59 Å². The van der Waals surface area contributed by atoms with Gasteiger partial charge in [0.25, 0.3) is 11.8 Å². The number of carbonyl (C=O) groups is 2. The van der Waals surface area contributed by atoms with Gasteiger partial charge in [0.15, 0.2) is 0 Å². The largest absolute Gasteiger partial charge is 0.355 e. The van der Waals surface area contributed by atoms with Crippen LogP contribution in [0.25, 0.3) is 0 Å². The molecule has 0 bridgehead atoms. The molecule has 1 aromatic heterocycles. The van der Waals surface area contributed by atoms with E-state index < -0.39 is 0 Å². The van der Waals surface area contributed by atoms with Gasteiger partial charge in [0.2, 0.25) is 0 Å². The van der Waals surface area contributed by atoms with Crippen molar-refractivity contribution in [1.82, 2.24) is 10.3 Å². The normalized spacial score (nSPS) is 10.0. The average molecular weight is 304 g/mol. The number of hydrogen-bond donors (Lipinski definition) is 2. The van der Waals surface area contributed by atoms with E-state index in [0.717, 1.165) is 0 Å². The topological polar surface area (TPSA) is 71.1 Å². The maximum Gasteiger partial charge on any atom is 0.255 e. The van der Waals surface area contributed by atoms with Crippen LogP contribution in [0.2, 0.25) is 5.15 Å². The highest BCUT2D eigenvalue weighted by molar-refractivity contribution is 6.29. The van der Waals surface area contributed by atoms with E-state index >= 15 is 0 Å². The molecule has 108 valence electrons. The van der Waals surface area contributed by atoms with Crippen molar-refractivity contribution in [2.75, 3.05) is 12.4 Å². The van der Waals surface area contributed by atoms with Crippen molar-refractivity contribution in [1.29, 1.82) is 0 Å². The molecule has 5 nitrogen and oxygen atoms in total. The Labute approximate surface area is 127 Å². The summed E-state index contributed by atoms with van der Waals surface area (Å²) in [5.74, 6) is -0.459. The molecule has 0 fully saturated rings. The van der Waals surface area contributed by atoms with Gasteiger partial charge < -0.3 is 10.6 Å². The van der Waals surface area contributed by atoms with Gasteiger partial charge in [-0.2, -0.15) is 0 Å².